The van der Waals surface area contributed by atoms with E-state index >= 15 is 0 Å². The molecular formula is C14H19BrN2O4S. The highest BCUT2D eigenvalue weighted by Gasteiger charge is 2.23. The number of carboxylic acid groups (broad SMARTS) is 1. The maximum absolute atomic E-state index is 12.1. The highest BCUT2D eigenvalue weighted by atomic mass is 79.9. The fourth-order valence-electron chi connectivity index (χ4n) is 1.84. The summed E-state index contributed by atoms with van der Waals surface area (Å²) in [5.74, 6) is -1.69. The summed E-state index contributed by atoms with van der Waals surface area (Å²) in [5.41, 5.74) is 0. The van der Waals surface area contributed by atoms with Crippen LogP contribution in [0.5, 0.6) is 0 Å². The SMILES string of the molecule is CC(C)C[C@H](NC(=O)CN(C)C(=O)c1ccc(Br)s1)C(=O)O. The first-order valence-corrected chi connectivity index (χ1v) is 8.34. The van der Waals surface area contributed by atoms with Crippen LogP contribution in [-0.4, -0.2) is 47.4 Å². The van der Waals surface area contributed by atoms with Crippen LogP contribution in [0.2, 0.25) is 0 Å². The van der Waals surface area contributed by atoms with Crippen molar-refractivity contribution in [1.29, 1.82) is 0 Å². The number of hydrogen-bond donors (Lipinski definition) is 2. The highest BCUT2D eigenvalue weighted by Crippen LogP contribution is 2.22. The van der Waals surface area contributed by atoms with Gasteiger partial charge in [0.15, 0.2) is 0 Å². The van der Waals surface area contributed by atoms with Crippen molar-refractivity contribution in [2.45, 2.75) is 26.3 Å². The molecular weight excluding hydrogens is 372 g/mol. The molecule has 0 saturated heterocycles. The fourth-order valence-corrected chi connectivity index (χ4v) is 3.22. The Hall–Kier alpha value is -1.41. The minimum Gasteiger partial charge on any atom is -0.480 e. The summed E-state index contributed by atoms with van der Waals surface area (Å²) in [4.78, 5) is 36.9. The molecule has 0 fully saturated rings. The molecule has 0 aliphatic carbocycles. The summed E-state index contributed by atoms with van der Waals surface area (Å²) in [7, 11) is 1.51. The van der Waals surface area contributed by atoms with Crippen LogP contribution in [0, 0.1) is 5.92 Å². The van der Waals surface area contributed by atoms with Crippen molar-refractivity contribution in [2.75, 3.05) is 13.6 Å². The van der Waals surface area contributed by atoms with E-state index in [-0.39, 0.29) is 18.4 Å². The van der Waals surface area contributed by atoms with Crippen LogP contribution >= 0.6 is 27.3 Å². The Balaban J connectivity index is 2.59. The van der Waals surface area contributed by atoms with E-state index in [1.165, 1.54) is 23.3 Å². The number of amides is 2. The Labute approximate surface area is 141 Å². The number of nitrogens with zero attached hydrogens (tertiary/aromatic N) is 1. The summed E-state index contributed by atoms with van der Waals surface area (Å²) < 4.78 is 0.830. The van der Waals surface area contributed by atoms with Gasteiger partial charge in [-0.1, -0.05) is 13.8 Å². The van der Waals surface area contributed by atoms with Gasteiger partial charge in [-0.2, -0.15) is 0 Å². The Kier molecular flexibility index (Phi) is 7.02. The molecule has 1 rings (SSSR count). The largest absolute Gasteiger partial charge is 0.480 e. The minimum absolute atomic E-state index is 0.143. The molecule has 8 heteroatoms. The molecule has 0 radical (unpaired) electrons. The predicted octanol–water partition coefficient (Wildman–Crippen LogP) is 2.20. The molecule has 122 valence electrons. The van der Waals surface area contributed by atoms with E-state index in [2.05, 4.69) is 21.2 Å². The lowest BCUT2D eigenvalue weighted by Gasteiger charge is -2.20. The predicted molar refractivity (Wildman–Crippen MR) is 88.0 cm³/mol. The zero-order valence-corrected chi connectivity index (χ0v) is 15.0. The molecule has 0 saturated carbocycles. The lowest BCUT2D eigenvalue weighted by atomic mass is 10.0. The number of carboxylic acids is 1. The fraction of sp³-hybridized carbons (Fsp3) is 0.500. The maximum Gasteiger partial charge on any atom is 0.326 e. The maximum atomic E-state index is 12.1. The van der Waals surface area contributed by atoms with E-state index in [4.69, 9.17) is 5.11 Å². The molecule has 0 unspecified atom stereocenters. The average Bonchev–Trinajstić information content (AvgIpc) is 2.82. The first-order valence-electron chi connectivity index (χ1n) is 6.73. The molecule has 22 heavy (non-hydrogen) atoms. The van der Waals surface area contributed by atoms with Crippen molar-refractivity contribution >= 4 is 45.1 Å². The third-order valence-corrected chi connectivity index (χ3v) is 4.46. The summed E-state index contributed by atoms with van der Waals surface area (Å²) >= 11 is 4.55. The molecule has 1 aromatic heterocycles. The Morgan fingerprint density at radius 2 is 2.00 bits per heavy atom. The van der Waals surface area contributed by atoms with Crippen molar-refractivity contribution in [3.05, 3.63) is 20.8 Å². The quantitative estimate of drug-likeness (QED) is 0.746. The Bertz CT molecular complexity index is 559. The van der Waals surface area contributed by atoms with Gasteiger partial charge >= 0.3 is 5.97 Å². The molecule has 0 spiro atoms. The monoisotopic (exact) mass is 390 g/mol. The van der Waals surface area contributed by atoms with Crippen molar-refractivity contribution in [3.8, 4) is 0 Å². The third-order valence-electron chi connectivity index (χ3n) is 2.85. The summed E-state index contributed by atoms with van der Waals surface area (Å²) in [5, 5.41) is 11.5. The van der Waals surface area contributed by atoms with E-state index in [1.54, 1.807) is 12.1 Å². The van der Waals surface area contributed by atoms with E-state index in [1.807, 2.05) is 13.8 Å². The molecule has 1 heterocycles. The van der Waals surface area contributed by atoms with Gasteiger partial charge in [-0.3, -0.25) is 9.59 Å². The highest BCUT2D eigenvalue weighted by molar-refractivity contribution is 9.11. The molecule has 6 nitrogen and oxygen atoms in total. The third kappa shape index (κ3) is 5.76. The van der Waals surface area contributed by atoms with Gasteiger partial charge in [-0.25, -0.2) is 4.79 Å². The van der Waals surface area contributed by atoms with E-state index < -0.39 is 17.9 Å². The zero-order chi connectivity index (χ0) is 16.9. The molecule has 1 aromatic rings. The average molecular weight is 391 g/mol. The van der Waals surface area contributed by atoms with Crippen LogP contribution in [0.15, 0.2) is 15.9 Å². The smallest absolute Gasteiger partial charge is 0.326 e. The number of carbonyl (C=O) groups excluding carboxylic acids is 2. The number of aliphatic carboxylic acids is 1. The van der Waals surface area contributed by atoms with Crippen LogP contribution in [0.1, 0.15) is 29.9 Å². The minimum atomic E-state index is -1.07. The van der Waals surface area contributed by atoms with Crippen LogP contribution < -0.4 is 5.32 Å². The van der Waals surface area contributed by atoms with Gasteiger partial charge in [-0.15, -0.1) is 11.3 Å². The summed E-state index contributed by atoms with van der Waals surface area (Å²) in [6, 6.07) is 2.49. The lowest BCUT2D eigenvalue weighted by Crippen LogP contribution is -2.46. The van der Waals surface area contributed by atoms with Crippen LogP contribution in [0.4, 0.5) is 0 Å². The van der Waals surface area contributed by atoms with Gasteiger partial charge in [0.05, 0.1) is 15.2 Å². The standard InChI is InChI=1S/C14H19BrN2O4S/c1-8(2)6-9(14(20)21)16-12(18)7-17(3)13(19)10-4-5-11(15)22-10/h4-5,8-9H,6-7H2,1-3H3,(H,16,18)(H,20,21)/t9-/m0/s1. The second kappa shape index (κ2) is 8.28. The van der Waals surface area contributed by atoms with E-state index in [0.717, 1.165) is 3.79 Å². The van der Waals surface area contributed by atoms with Crippen LogP contribution in [0.25, 0.3) is 0 Å². The second-order valence-electron chi connectivity index (χ2n) is 5.35. The van der Waals surface area contributed by atoms with Gasteiger partial charge in [0.25, 0.3) is 5.91 Å². The Morgan fingerprint density at radius 1 is 1.36 bits per heavy atom. The van der Waals surface area contributed by atoms with Crippen LogP contribution in [-0.2, 0) is 9.59 Å². The second-order valence-corrected chi connectivity index (χ2v) is 7.82. The van der Waals surface area contributed by atoms with Crippen molar-refractivity contribution in [1.82, 2.24) is 10.2 Å². The van der Waals surface area contributed by atoms with Crippen molar-refractivity contribution < 1.29 is 19.5 Å². The number of hydrogen-bond acceptors (Lipinski definition) is 4. The zero-order valence-electron chi connectivity index (χ0n) is 12.6. The number of nitrogens with one attached hydrogen (secondary N) is 1. The Morgan fingerprint density at radius 3 is 2.45 bits per heavy atom. The van der Waals surface area contributed by atoms with Gasteiger partial charge in [0, 0.05) is 7.05 Å². The van der Waals surface area contributed by atoms with E-state index in [9.17, 15) is 14.4 Å². The molecule has 0 aliphatic heterocycles. The molecule has 0 bridgehead atoms. The number of carbonyl (C=O) groups is 3. The van der Waals surface area contributed by atoms with Crippen molar-refractivity contribution in [2.24, 2.45) is 5.92 Å². The molecule has 2 N–H and O–H groups in total. The first-order chi connectivity index (χ1) is 10.2. The lowest BCUT2D eigenvalue weighted by molar-refractivity contribution is -0.142. The number of likely N-dealkylation sites (N-methyl/N-ethyl adjacent to an activating group) is 1. The summed E-state index contributed by atoms with van der Waals surface area (Å²) in [6.45, 7) is 3.58. The van der Waals surface area contributed by atoms with E-state index in [0.29, 0.717) is 11.3 Å². The first kappa shape index (κ1) is 18.6. The number of thiophene rings is 1. The van der Waals surface area contributed by atoms with Crippen LogP contribution in [0.3, 0.4) is 0 Å². The number of halogens is 1. The molecule has 0 aromatic carbocycles. The van der Waals surface area contributed by atoms with Gasteiger partial charge in [0.1, 0.15) is 6.04 Å². The van der Waals surface area contributed by atoms with Crippen molar-refractivity contribution in [3.63, 3.8) is 0 Å². The van der Waals surface area contributed by atoms with Gasteiger partial charge < -0.3 is 15.3 Å². The van der Waals surface area contributed by atoms with Gasteiger partial charge in [-0.05, 0) is 40.4 Å². The number of rotatable bonds is 7. The molecule has 2 amide bonds. The topological polar surface area (TPSA) is 86.7 Å². The normalized spacial score (nSPS) is 12.0. The van der Waals surface area contributed by atoms with Gasteiger partial charge in [0.2, 0.25) is 5.91 Å². The molecule has 0 aliphatic rings. The molecule has 1 atom stereocenters. The summed E-state index contributed by atoms with van der Waals surface area (Å²) in [6.07, 6.45) is 0.344.